The highest BCUT2D eigenvalue weighted by Crippen LogP contribution is 2.33. The molecule has 5 nitrogen and oxygen atoms in total. The van der Waals surface area contributed by atoms with Crippen LogP contribution in [0.2, 0.25) is 5.15 Å². The van der Waals surface area contributed by atoms with Gasteiger partial charge in [-0.05, 0) is 31.7 Å². The van der Waals surface area contributed by atoms with Gasteiger partial charge in [0.2, 0.25) is 5.82 Å². The number of hydrogen-bond acceptors (Lipinski definition) is 4. The molecule has 0 aliphatic carbocycles. The highest BCUT2D eigenvalue weighted by atomic mass is 35.5. The Kier molecular flexibility index (Phi) is 3.71. The molecule has 6 heteroatoms. The Labute approximate surface area is 111 Å². The third kappa shape index (κ3) is 2.56. The Morgan fingerprint density at radius 3 is 2.83 bits per heavy atom. The number of hydrogen-bond donors (Lipinski definition) is 0. The van der Waals surface area contributed by atoms with Crippen molar-refractivity contribution in [3.05, 3.63) is 27.4 Å². The predicted molar refractivity (Wildman–Crippen MR) is 71.1 cm³/mol. The average molecular weight is 270 g/mol. The minimum absolute atomic E-state index is 0.0285. The van der Waals surface area contributed by atoms with Gasteiger partial charge in [-0.25, -0.2) is 4.98 Å². The van der Waals surface area contributed by atoms with E-state index in [0.717, 1.165) is 19.4 Å². The van der Waals surface area contributed by atoms with Crippen molar-refractivity contribution >= 4 is 23.1 Å². The molecule has 2 heterocycles. The molecule has 1 aliphatic rings. The summed E-state index contributed by atoms with van der Waals surface area (Å²) in [5, 5.41) is 11.3. The lowest BCUT2D eigenvalue weighted by Crippen LogP contribution is -2.41. The van der Waals surface area contributed by atoms with Gasteiger partial charge >= 0.3 is 5.69 Å². The van der Waals surface area contributed by atoms with Crippen molar-refractivity contribution < 1.29 is 4.92 Å². The van der Waals surface area contributed by atoms with E-state index in [1.165, 1.54) is 12.1 Å². The van der Waals surface area contributed by atoms with Crippen LogP contribution in [0.5, 0.6) is 0 Å². The van der Waals surface area contributed by atoms with Crippen molar-refractivity contribution in [3.8, 4) is 0 Å². The number of anilines is 1. The lowest BCUT2D eigenvalue weighted by Gasteiger charge is -2.37. The summed E-state index contributed by atoms with van der Waals surface area (Å²) >= 11 is 5.86. The van der Waals surface area contributed by atoms with E-state index in [4.69, 9.17) is 11.6 Å². The van der Waals surface area contributed by atoms with E-state index in [2.05, 4.69) is 18.8 Å². The largest absolute Gasteiger partial charge is 0.348 e. The van der Waals surface area contributed by atoms with E-state index < -0.39 is 4.92 Å². The first-order valence-electron chi connectivity index (χ1n) is 6.06. The highest BCUT2D eigenvalue weighted by molar-refractivity contribution is 6.29. The van der Waals surface area contributed by atoms with Crippen LogP contribution in [0, 0.1) is 16.0 Å². The van der Waals surface area contributed by atoms with Crippen LogP contribution in [-0.2, 0) is 0 Å². The molecule has 2 atom stereocenters. The first-order valence-corrected chi connectivity index (χ1v) is 6.44. The molecule has 0 N–H and O–H groups in total. The first kappa shape index (κ1) is 13.1. The Bertz CT molecular complexity index is 467. The lowest BCUT2D eigenvalue weighted by molar-refractivity contribution is -0.384. The van der Waals surface area contributed by atoms with Gasteiger partial charge in [0, 0.05) is 18.7 Å². The van der Waals surface area contributed by atoms with Crippen molar-refractivity contribution in [3.63, 3.8) is 0 Å². The molecule has 2 rings (SSSR count). The van der Waals surface area contributed by atoms with Crippen LogP contribution < -0.4 is 4.90 Å². The standard InChI is InChI=1S/C12H16ClN3O2/c1-8-5-6-15(9(2)7-8)12-10(16(17)18)3-4-11(13)14-12/h3-4,8-9H,5-7H2,1-2H3. The summed E-state index contributed by atoms with van der Waals surface area (Å²) in [4.78, 5) is 16.8. The lowest BCUT2D eigenvalue weighted by atomic mass is 9.93. The van der Waals surface area contributed by atoms with Gasteiger partial charge in [-0.2, -0.15) is 0 Å². The number of pyridine rings is 1. The molecule has 1 saturated heterocycles. The number of aromatic nitrogens is 1. The van der Waals surface area contributed by atoms with E-state index in [1.54, 1.807) is 0 Å². The monoisotopic (exact) mass is 269 g/mol. The summed E-state index contributed by atoms with van der Waals surface area (Å²) in [6, 6.07) is 3.13. The van der Waals surface area contributed by atoms with E-state index >= 15 is 0 Å². The quantitative estimate of drug-likeness (QED) is 0.470. The topological polar surface area (TPSA) is 59.3 Å². The molecule has 0 bridgehead atoms. The molecule has 0 aromatic carbocycles. The van der Waals surface area contributed by atoms with Gasteiger partial charge in [0.15, 0.2) is 0 Å². The summed E-state index contributed by atoms with van der Waals surface area (Å²) in [7, 11) is 0. The van der Waals surface area contributed by atoms with Crippen molar-refractivity contribution in [2.45, 2.75) is 32.7 Å². The number of halogens is 1. The Morgan fingerprint density at radius 1 is 1.50 bits per heavy atom. The van der Waals surface area contributed by atoms with Gasteiger partial charge in [0.05, 0.1) is 4.92 Å². The molecule has 1 fully saturated rings. The van der Waals surface area contributed by atoms with Crippen molar-refractivity contribution in [2.75, 3.05) is 11.4 Å². The maximum Gasteiger partial charge on any atom is 0.311 e. The second-order valence-corrected chi connectivity index (χ2v) is 5.29. The first-order chi connectivity index (χ1) is 8.49. The van der Waals surface area contributed by atoms with E-state index in [-0.39, 0.29) is 11.7 Å². The van der Waals surface area contributed by atoms with E-state index in [9.17, 15) is 10.1 Å². The van der Waals surface area contributed by atoms with Gasteiger partial charge in [-0.15, -0.1) is 0 Å². The molecule has 0 spiro atoms. The molecular formula is C12H16ClN3O2. The van der Waals surface area contributed by atoms with Crippen LogP contribution in [0.3, 0.4) is 0 Å². The summed E-state index contributed by atoms with van der Waals surface area (Å²) in [6.07, 6.45) is 2.04. The van der Waals surface area contributed by atoms with E-state index in [0.29, 0.717) is 16.9 Å². The molecule has 0 amide bonds. The molecule has 18 heavy (non-hydrogen) atoms. The van der Waals surface area contributed by atoms with E-state index in [1.807, 2.05) is 4.90 Å². The summed E-state index contributed by atoms with van der Waals surface area (Å²) in [5.41, 5.74) is 0.0285. The van der Waals surface area contributed by atoms with Crippen molar-refractivity contribution in [1.82, 2.24) is 4.98 Å². The SMILES string of the molecule is CC1CCN(c2nc(Cl)ccc2[N+](=O)[O-])C(C)C1. The van der Waals surface area contributed by atoms with Gasteiger partial charge in [0.25, 0.3) is 0 Å². The zero-order chi connectivity index (χ0) is 13.3. The second-order valence-electron chi connectivity index (χ2n) is 4.91. The third-order valence-electron chi connectivity index (χ3n) is 3.43. The second kappa shape index (κ2) is 5.10. The van der Waals surface area contributed by atoms with Crippen molar-refractivity contribution in [1.29, 1.82) is 0 Å². The fourth-order valence-electron chi connectivity index (χ4n) is 2.49. The maximum atomic E-state index is 11.0. The zero-order valence-corrected chi connectivity index (χ0v) is 11.2. The summed E-state index contributed by atoms with van der Waals surface area (Å²) in [6.45, 7) is 5.06. The van der Waals surface area contributed by atoms with Crippen LogP contribution >= 0.6 is 11.6 Å². The van der Waals surface area contributed by atoms with Gasteiger partial charge in [-0.1, -0.05) is 18.5 Å². The smallest absolute Gasteiger partial charge is 0.311 e. The molecule has 98 valence electrons. The molecule has 0 radical (unpaired) electrons. The Hall–Kier alpha value is -1.36. The maximum absolute atomic E-state index is 11.0. The molecule has 1 aromatic rings. The third-order valence-corrected chi connectivity index (χ3v) is 3.64. The summed E-state index contributed by atoms with van der Waals surface area (Å²) < 4.78 is 0. The number of nitro groups is 1. The minimum Gasteiger partial charge on any atom is -0.348 e. The fraction of sp³-hybridized carbons (Fsp3) is 0.583. The van der Waals surface area contributed by atoms with Crippen molar-refractivity contribution in [2.24, 2.45) is 5.92 Å². The predicted octanol–water partition coefficient (Wildman–Crippen LogP) is 3.27. The molecule has 1 aromatic heterocycles. The van der Waals surface area contributed by atoms with Gasteiger partial charge in [-0.3, -0.25) is 10.1 Å². The zero-order valence-electron chi connectivity index (χ0n) is 10.5. The number of rotatable bonds is 2. The number of nitrogens with zero attached hydrogens (tertiary/aromatic N) is 3. The fourth-order valence-corrected chi connectivity index (χ4v) is 2.64. The van der Waals surface area contributed by atoms with Crippen LogP contribution in [0.1, 0.15) is 26.7 Å². The molecule has 2 unspecified atom stereocenters. The molecule has 0 saturated carbocycles. The van der Waals surface area contributed by atoms with Crippen LogP contribution in [0.15, 0.2) is 12.1 Å². The highest BCUT2D eigenvalue weighted by Gasteiger charge is 2.29. The number of piperidine rings is 1. The van der Waals surface area contributed by atoms with Crippen LogP contribution in [0.4, 0.5) is 11.5 Å². The molecule has 1 aliphatic heterocycles. The van der Waals surface area contributed by atoms with Gasteiger partial charge < -0.3 is 4.90 Å². The van der Waals surface area contributed by atoms with Crippen LogP contribution in [0.25, 0.3) is 0 Å². The average Bonchev–Trinajstić information content (AvgIpc) is 2.28. The van der Waals surface area contributed by atoms with Crippen LogP contribution in [-0.4, -0.2) is 22.5 Å². The Balaban J connectivity index is 2.37. The minimum atomic E-state index is -0.399. The summed E-state index contributed by atoms with van der Waals surface area (Å²) in [5.74, 6) is 1.04. The van der Waals surface area contributed by atoms with Gasteiger partial charge in [0.1, 0.15) is 5.15 Å². The Morgan fingerprint density at radius 2 is 2.22 bits per heavy atom. The molecular weight excluding hydrogens is 254 g/mol. The normalized spacial score (nSPS) is 24.1.